The number of nitrogens with zero attached hydrogens (tertiary/aromatic N) is 2. The number of aryl methyl sites for hydroxylation is 2. The summed E-state index contributed by atoms with van der Waals surface area (Å²) in [5.41, 5.74) is 6.75. The van der Waals surface area contributed by atoms with E-state index in [9.17, 15) is 9.59 Å². The molecule has 0 saturated heterocycles. The van der Waals surface area contributed by atoms with Crippen LogP contribution in [0.1, 0.15) is 25.0 Å². The Bertz CT molecular complexity index is 1340. The Labute approximate surface area is 204 Å². The van der Waals surface area contributed by atoms with Crippen molar-refractivity contribution in [2.75, 3.05) is 11.9 Å². The fraction of sp³-hybridized carbons (Fsp3) is 0.179. The number of carbonyl (C=O) groups excluding carboxylic acids is 2. The second kappa shape index (κ2) is 10.3. The Morgan fingerprint density at radius 3 is 2.00 bits per heavy atom. The molecule has 0 fully saturated rings. The number of benzene rings is 3. The topological polar surface area (TPSA) is 85.2 Å². The molecule has 0 unspecified atom stereocenters. The van der Waals surface area contributed by atoms with Crippen molar-refractivity contribution >= 4 is 17.7 Å². The summed E-state index contributed by atoms with van der Waals surface area (Å²) < 4.78 is 7.41. The third-order valence-corrected chi connectivity index (χ3v) is 5.46. The maximum atomic E-state index is 12.1. The van der Waals surface area contributed by atoms with Gasteiger partial charge in [0.2, 0.25) is 5.88 Å². The first-order chi connectivity index (χ1) is 16.9. The standard InChI is InChI=1S/C28H28N4O3/c1-5-29-28(34)30-23-14-12-21(13-15-23)25-26(22-10-6-18(2)7-11-22)31-32(27(25)35-20(4)33)24-16-8-19(3)9-17-24/h6-17H,5H2,1-4H3,(H2,29,30,34). The fourth-order valence-corrected chi connectivity index (χ4v) is 3.72. The number of carbonyl (C=O) groups is 2. The molecule has 3 aromatic carbocycles. The number of urea groups is 1. The number of anilines is 1. The minimum Gasteiger partial charge on any atom is -0.407 e. The number of esters is 1. The zero-order valence-electron chi connectivity index (χ0n) is 20.3. The highest BCUT2D eigenvalue weighted by Crippen LogP contribution is 2.41. The summed E-state index contributed by atoms with van der Waals surface area (Å²) >= 11 is 0. The predicted octanol–water partition coefficient (Wildman–Crippen LogP) is 5.89. The van der Waals surface area contributed by atoms with Gasteiger partial charge in [-0.3, -0.25) is 4.79 Å². The molecule has 178 valence electrons. The van der Waals surface area contributed by atoms with Crippen LogP contribution >= 0.6 is 0 Å². The quantitative estimate of drug-likeness (QED) is 0.346. The van der Waals surface area contributed by atoms with E-state index in [0.29, 0.717) is 29.4 Å². The van der Waals surface area contributed by atoms with Gasteiger partial charge in [-0.15, -0.1) is 0 Å². The SMILES string of the molecule is CCNC(=O)Nc1ccc(-c2c(-c3ccc(C)cc3)nn(-c3ccc(C)cc3)c2OC(C)=O)cc1. The van der Waals surface area contributed by atoms with Crippen molar-refractivity contribution in [1.82, 2.24) is 15.1 Å². The molecule has 4 aromatic rings. The van der Waals surface area contributed by atoms with Crippen LogP contribution < -0.4 is 15.4 Å². The van der Waals surface area contributed by atoms with Crippen molar-refractivity contribution < 1.29 is 14.3 Å². The van der Waals surface area contributed by atoms with Gasteiger partial charge in [-0.1, -0.05) is 59.7 Å². The second-order valence-electron chi connectivity index (χ2n) is 8.30. The first-order valence-electron chi connectivity index (χ1n) is 11.5. The van der Waals surface area contributed by atoms with Crippen molar-refractivity contribution in [3.63, 3.8) is 0 Å². The summed E-state index contributed by atoms with van der Waals surface area (Å²) in [6, 6.07) is 23.0. The second-order valence-corrected chi connectivity index (χ2v) is 8.30. The van der Waals surface area contributed by atoms with Crippen LogP contribution in [-0.4, -0.2) is 28.3 Å². The van der Waals surface area contributed by atoms with E-state index in [1.54, 1.807) is 4.68 Å². The summed E-state index contributed by atoms with van der Waals surface area (Å²) in [5.74, 6) is -0.106. The molecule has 2 amide bonds. The first-order valence-corrected chi connectivity index (χ1v) is 11.5. The predicted molar refractivity (Wildman–Crippen MR) is 138 cm³/mol. The molecule has 0 bridgehead atoms. The minimum absolute atomic E-state index is 0.270. The lowest BCUT2D eigenvalue weighted by molar-refractivity contribution is -0.132. The molecule has 4 rings (SSSR count). The van der Waals surface area contributed by atoms with E-state index >= 15 is 0 Å². The molecule has 1 aromatic heterocycles. The maximum Gasteiger partial charge on any atom is 0.319 e. The average Bonchev–Trinajstić information content (AvgIpc) is 3.19. The van der Waals surface area contributed by atoms with Crippen LogP contribution in [0, 0.1) is 13.8 Å². The summed E-state index contributed by atoms with van der Waals surface area (Å²) in [6.45, 7) is 7.81. The molecule has 0 aliphatic heterocycles. The lowest BCUT2D eigenvalue weighted by Gasteiger charge is -2.11. The van der Waals surface area contributed by atoms with Gasteiger partial charge in [0.1, 0.15) is 5.69 Å². The van der Waals surface area contributed by atoms with Crippen LogP contribution in [0.3, 0.4) is 0 Å². The molecular weight excluding hydrogens is 440 g/mol. The van der Waals surface area contributed by atoms with Crippen molar-refractivity contribution in [3.8, 4) is 34.0 Å². The highest BCUT2D eigenvalue weighted by Gasteiger charge is 2.24. The molecule has 0 spiro atoms. The fourth-order valence-electron chi connectivity index (χ4n) is 3.72. The largest absolute Gasteiger partial charge is 0.407 e. The number of hydrogen-bond donors (Lipinski definition) is 2. The monoisotopic (exact) mass is 468 g/mol. The van der Waals surface area contributed by atoms with Gasteiger partial charge in [0.05, 0.1) is 11.3 Å². The van der Waals surface area contributed by atoms with Crippen molar-refractivity contribution in [1.29, 1.82) is 0 Å². The van der Waals surface area contributed by atoms with E-state index in [-0.39, 0.29) is 6.03 Å². The van der Waals surface area contributed by atoms with Crippen molar-refractivity contribution in [2.45, 2.75) is 27.7 Å². The molecular formula is C28H28N4O3. The Morgan fingerprint density at radius 1 is 0.857 bits per heavy atom. The van der Waals surface area contributed by atoms with Crippen LogP contribution in [0.4, 0.5) is 10.5 Å². The normalized spacial score (nSPS) is 10.6. The average molecular weight is 469 g/mol. The molecule has 0 saturated carbocycles. The van der Waals surface area contributed by atoms with Crippen molar-refractivity contribution in [2.24, 2.45) is 0 Å². The van der Waals surface area contributed by atoms with Gasteiger partial charge in [0.25, 0.3) is 0 Å². The summed E-state index contributed by atoms with van der Waals surface area (Å²) in [5, 5.41) is 10.4. The lowest BCUT2D eigenvalue weighted by atomic mass is 10.00. The highest BCUT2D eigenvalue weighted by molar-refractivity contribution is 5.91. The van der Waals surface area contributed by atoms with E-state index in [1.165, 1.54) is 6.92 Å². The zero-order chi connectivity index (χ0) is 24.9. The van der Waals surface area contributed by atoms with E-state index in [1.807, 2.05) is 93.6 Å². The summed E-state index contributed by atoms with van der Waals surface area (Å²) in [7, 11) is 0. The smallest absolute Gasteiger partial charge is 0.319 e. The Hall–Kier alpha value is -4.39. The van der Waals surface area contributed by atoms with E-state index in [2.05, 4.69) is 10.6 Å². The number of amides is 2. The van der Waals surface area contributed by atoms with Gasteiger partial charge < -0.3 is 15.4 Å². The zero-order valence-corrected chi connectivity index (χ0v) is 20.3. The Kier molecular flexibility index (Phi) is 6.96. The van der Waals surface area contributed by atoms with Crippen LogP contribution in [0.2, 0.25) is 0 Å². The van der Waals surface area contributed by atoms with Crippen LogP contribution in [-0.2, 0) is 4.79 Å². The molecule has 35 heavy (non-hydrogen) atoms. The molecule has 0 atom stereocenters. The molecule has 1 heterocycles. The number of ether oxygens (including phenoxy) is 1. The number of rotatable bonds is 6. The minimum atomic E-state index is -0.440. The summed E-state index contributed by atoms with van der Waals surface area (Å²) in [6.07, 6.45) is 0. The van der Waals surface area contributed by atoms with Crippen LogP contribution in [0.25, 0.3) is 28.1 Å². The number of hydrogen-bond acceptors (Lipinski definition) is 4. The van der Waals surface area contributed by atoms with Crippen molar-refractivity contribution in [3.05, 3.63) is 83.9 Å². The summed E-state index contributed by atoms with van der Waals surface area (Å²) in [4.78, 5) is 24.0. The Morgan fingerprint density at radius 2 is 1.43 bits per heavy atom. The number of nitrogens with one attached hydrogen (secondary N) is 2. The van der Waals surface area contributed by atoms with Crippen LogP contribution in [0.5, 0.6) is 5.88 Å². The molecule has 0 aliphatic carbocycles. The van der Waals surface area contributed by atoms with E-state index < -0.39 is 5.97 Å². The van der Waals surface area contributed by atoms with Gasteiger partial charge >= 0.3 is 12.0 Å². The number of aromatic nitrogens is 2. The Balaban J connectivity index is 1.89. The molecule has 0 aliphatic rings. The molecule has 7 heteroatoms. The van der Waals surface area contributed by atoms with Crippen LogP contribution in [0.15, 0.2) is 72.8 Å². The van der Waals surface area contributed by atoms with Gasteiger partial charge in [-0.2, -0.15) is 9.78 Å². The molecule has 7 nitrogen and oxygen atoms in total. The third-order valence-electron chi connectivity index (χ3n) is 5.46. The maximum absolute atomic E-state index is 12.1. The first kappa shape index (κ1) is 23.8. The van der Waals surface area contributed by atoms with Gasteiger partial charge in [-0.25, -0.2) is 4.79 Å². The third kappa shape index (κ3) is 5.41. The van der Waals surface area contributed by atoms with E-state index in [0.717, 1.165) is 27.9 Å². The molecule has 2 N–H and O–H groups in total. The van der Waals surface area contributed by atoms with Gasteiger partial charge in [0, 0.05) is 24.7 Å². The lowest BCUT2D eigenvalue weighted by Crippen LogP contribution is -2.28. The van der Waals surface area contributed by atoms with Gasteiger partial charge in [-0.05, 0) is 50.6 Å². The van der Waals surface area contributed by atoms with Gasteiger partial charge in [0.15, 0.2) is 0 Å². The van der Waals surface area contributed by atoms with E-state index in [4.69, 9.17) is 9.84 Å². The molecule has 0 radical (unpaired) electrons. The highest BCUT2D eigenvalue weighted by atomic mass is 16.5.